The molecule has 5 heterocycles. The average molecular weight is 484 g/mol. The minimum Gasteiger partial charge on any atom is -0.492 e. The van der Waals surface area contributed by atoms with Crippen molar-refractivity contribution in [3.05, 3.63) is 63.2 Å². The Hall–Kier alpha value is -3.32. The van der Waals surface area contributed by atoms with Gasteiger partial charge in [0, 0.05) is 38.1 Å². The SMILES string of the molecule is O=[N+]([O-])c1ccc(C(c2sc3nc(-c4ccco4)nn3c2O)N2CCC3(CC2)OCCO3)cc1. The number of fused-ring (bicyclic) bond motifs is 1. The number of nitrogens with zero attached hydrogens (tertiary/aromatic N) is 5. The molecular weight excluding hydrogens is 462 g/mol. The maximum atomic E-state index is 11.2. The molecule has 2 aliphatic heterocycles. The van der Waals surface area contributed by atoms with Crippen LogP contribution in [0, 0.1) is 10.1 Å². The molecule has 0 saturated carbocycles. The molecule has 176 valence electrons. The molecule has 34 heavy (non-hydrogen) atoms. The van der Waals surface area contributed by atoms with Crippen molar-refractivity contribution in [3.8, 4) is 17.5 Å². The number of aromatic hydroxyl groups is 1. The first-order chi connectivity index (χ1) is 16.5. The fourth-order valence-electron chi connectivity index (χ4n) is 4.65. The van der Waals surface area contributed by atoms with Crippen LogP contribution in [0.4, 0.5) is 5.69 Å². The third-order valence-corrected chi connectivity index (χ3v) is 7.42. The highest BCUT2D eigenvalue weighted by molar-refractivity contribution is 7.17. The van der Waals surface area contributed by atoms with Crippen LogP contribution in [0.2, 0.25) is 0 Å². The van der Waals surface area contributed by atoms with Gasteiger partial charge in [-0.15, -0.1) is 5.10 Å². The molecular formula is C22H21N5O6S. The molecule has 1 unspecified atom stereocenters. The van der Waals surface area contributed by atoms with Crippen molar-refractivity contribution >= 4 is 22.0 Å². The van der Waals surface area contributed by atoms with Gasteiger partial charge in [0.05, 0.1) is 35.3 Å². The Balaban J connectivity index is 1.38. The summed E-state index contributed by atoms with van der Waals surface area (Å²) in [5.41, 5.74) is 0.851. The van der Waals surface area contributed by atoms with E-state index in [1.807, 2.05) is 0 Å². The van der Waals surface area contributed by atoms with Crippen molar-refractivity contribution in [1.82, 2.24) is 19.5 Å². The Morgan fingerprint density at radius 1 is 1.15 bits per heavy atom. The van der Waals surface area contributed by atoms with E-state index in [9.17, 15) is 15.2 Å². The molecule has 2 fully saturated rings. The number of thiazole rings is 1. The topological polar surface area (TPSA) is 128 Å². The summed E-state index contributed by atoms with van der Waals surface area (Å²) >= 11 is 1.33. The third-order valence-electron chi connectivity index (χ3n) is 6.35. The summed E-state index contributed by atoms with van der Waals surface area (Å²) in [6.07, 6.45) is 2.93. The van der Waals surface area contributed by atoms with Crippen LogP contribution in [0.15, 0.2) is 47.1 Å². The number of aromatic nitrogens is 3. The van der Waals surface area contributed by atoms with Gasteiger partial charge in [0.25, 0.3) is 5.69 Å². The fourth-order valence-corrected chi connectivity index (χ4v) is 5.77. The monoisotopic (exact) mass is 483 g/mol. The number of likely N-dealkylation sites (tertiary alicyclic amines) is 1. The van der Waals surface area contributed by atoms with Gasteiger partial charge in [-0.25, -0.2) is 0 Å². The lowest BCUT2D eigenvalue weighted by atomic mass is 9.97. The van der Waals surface area contributed by atoms with Crippen molar-refractivity contribution in [3.63, 3.8) is 0 Å². The molecule has 1 spiro atoms. The minimum absolute atomic E-state index is 0.0117. The van der Waals surface area contributed by atoms with E-state index in [1.165, 1.54) is 28.0 Å². The molecule has 4 aromatic rings. The lowest BCUT2D eigenvalue weighted by Crippen LogP contribution is -2.46. The Morgan fingerprint density at radius 3 is 2.50 bits per heavy atom. The molecule has 1 N–H and O–H groups in total. The summed E-state index contributed by atoms with van der Waals surface area (Å²) in [5, 5.41) is 26.7. The van der Waals surface area contributed by atoms with Crippen LogP contribution in [0.3, 0.4) is 0 Å². The summed E-state index contributed by atoms with van der Waals surface area (Å²) in [6.45, 7) is 2.54. The zero-order valence-electron chi connectivity index (χ0n) is 18.0. The number of non-ortho nitro benzene ring substituents is 1. The summed E-state index contributed by atoms with van der Waals surface area (Å²) < 4.78 is 18.5. The standard InChI is InChI=1S/C22H21N5O6S/c28-20-18(34-21-23-19(24-26(20)21)16-2-1-11-31-16)17(14-3-5-15(6-4-14)27(29)30)25-9-7-22(8-10-25)32-12-13-33-22/h1-6,11,17,28H,7-10,12-13H2. The first-order valence-electron chi connectivity index (χ1n) is 10.9. The molecule has 2 saturated heterocycles. The maximum absolute atomic E-state index is 11.2. The lowest BCUT2D eigenvalue weighted by Gasteiger charge is -2.41. The van der Waals surface area contributed by atoms with E-state index in [2.05, 4.69) is 15.0 Å². The number of hydrogen-bond acceptors (Lipinski definition) is 10. The number of piperidine rings is 1. The van der Waals surface area contributed by atoms with Crippen LogP contribution in [-0.2, 0) is 9.47 Å². The maximum Gasteiger partial charge on any atom is 0.269 e. The molecule has 1 aromatic carbocycles. The van der Waals surface area contributed by atoms with Gasteiger partial charge in [-0.3, -0.25) is 15.0 Å². The number of ether oxygens (including phenoxy) is 2. The molecule has 0 amide bonds. The quantitative estimate of drug-likeness (QED) is 0.334. The second kappa shape index (κ2) is 8.17. The Labute approximate surface area is 197 Å². The summed E-state index contributed by atoms with van der Waals surface area (Å²) in [4.78, 5) is 18.7. The molecule has 0 bridgehead atoms. The number of hydrogen-bond donors (Lipinski definition) is 1. The van der Waals surface area contributed by atoms with Gasteiger partial charge >= 0.3 is 0 Å². The molecule has 0 aliphatic carbocycles. The predicted molar refractivity (Wildman–Crippen MR) is 121 cm³/mol. The average Bonchev–Trinajstić information content (AvgIpc) is 3.63. The molecule has 1 atom stereocenters. The zero-order chi connectivity index (χ0) is 23.3. The second-order valence-corrected chi connectivity index (χ2v) is 9.30. The normalized spacial score (nSPS) is 19.2. The number of nitro groups is 1. The van der Waals surface area contributed by atoms with E-state index < -0.39 is 10.7 Å². The predicted octanol–water partition coefficient (Wildman–Crippen LogP) is 3.59. The van der Waals surface area contributed by atoms with Crippen molar-refractivity contribution in [1.29, 1.82) is 0 Å². The molecule has 0 radical (unpaired) electrons. The zero-order valence-corrected chi connectivity index (χ0v) is 18.8. The van der Waals surface area contributed by atoms with Crippen LogP contribution >= 0.6 is 11.3 Å². The van der Waals surface area contributed by atoms with E-state index in [1.54, 1.807) is 30.5 Å². The Kier molecular flexibility index (Phi) is 5.10. The Morgan fingerprint density at radius 2 is 1.88 bits per heavy atom. The smallest absolute Gasteiger partial charge is 0.269 e. The van der Waals surface area contributed by atoms with Crippen LogP contribution in [-0.4, -0.2) is 61.6 Å². The van der Waals surface area contributed by atoms with E-state index in [0.717, 1.165) is 5.56 Å². The van der Waals surface area contributed by atoms with Crippen LogP contribution in [0.1, 0.15) is 29.3 Å². The van der Waals surface area contributed by atoms with E-state index in [4.69, 9.17) is 13.9 Å². The molecule has 3 aromatic heterocycles. The van der Waals surface area contributed by atoms with Crippen molar-refractivity contribution in [2.24, 2.45) is 0 Å². The third kappa shape index (κ3) is 3.55. The second-order valence-electron chi connectivity index (χ2n) is 8.29. The van der Waals surface area contributed by atoms with E-state index >= 15 is 0 Å². The Bertz CT molecular complexity index is 1320. The first kappa shape index (κ1) is 21.2. The van der Waals surface area contributed by atoms with Crippen molar-refractivity contribution < 1.29 is 23.9 Å². The first-order valence-corrected chi connectivity index (χ1v) is 11.7. The fraction of sp³-hybridized carbons (Fsp3) is 0.364. The summed E-state index contributed by atoms with van der Waals surface area (Å²) in [6, 6.07) is 9.62. The summed E-state index contributed by atoms with van der Waals surface area (Å²) in [5.74, 6) is 0.353. The minimum atomic E-state index is -0.540. The van der Waals surface area contributed by atoms with Gasteiger partial charge in [0.15, 0.2) is 11.5 Å². The largest absolute Gasteiger partial charge is 0.492 e. The van der Waals surface area contributed by atoms with Gasteiger partial charge in [-0.2, -0.15) is 9.50 Å². The van der Waals surface area contributed by atoms with E-state index in [-0.39, 0.29) is 17.6 Å². The van der Waals surface area contributed by atoms with E-state index in [0.29, 0.717) is 60.6 Å². The molecule has 6 rings (SSSR count). The van der Waals surface area contributed by atoms with Crippen LogP contribution in [0.25, 0.3) is 16.5 Å². The van der Waals surface area contributed by atoms with Crippen molar-refractivity contribution in [2.45, 2.75) is 24.7 Å². The van der Waals surface area contributed by atoms with Crippen molar-refractivity contribution in [2.75, 3.05) is 26.3 Å². The highest BCUT2D eigenvalue weighted by Gasteiger charge is 2.42. The number of rotatable bonds is 5. The van der Waals surface area contributed by atoms with Crippen LogP contribution in [0.5, 0.6) is 5.88 Å². The summed E-state index contributed by atoms with van der Waals surface area (Å²) in [7, 11) is 0. The number of furan rings is 1. The lowest BCUT2D eigenvalue weighted by molar-refractivity contribution is -0.384. The van der Waals surface area contributed by atoms with Gasteiger partial charge in [0.2, 0.25) is 16.7 Å². The van der Waals surface area contributed by atoms with Gasteiger partial charge in [-0.05, 0) is 17.7 Å². The van der Waals surface area contributed by atoms with Gasteiger partial charge in [0.1, 0.15) is 0 Å². The number of nitro benzene ring substituents is 1. The molecule has 11 nitrogen and oxygen atoms in total. The number of benzene rings is 1. The molecule has 12 heteroatoms. The highest BCUT2D eigenvalue weighted by atomic mass is 32.1. The van der Waals surface area contributed by atoms with Crippen LogP contribution < -0.4 is 0 Å². The van der Waals surface area contributed by atoms with Gasteiger partial charge < -0.3 is 19.0 Å². The van der Waals surface area contributed by atoms with Gasteiger partial charge in [-0.1, -0.05) is 23.5 Å². The highest BCUT2D eigenvalue weighted by Crippen LogP contribution is 2.43. The molecule has 2 aliphatic rings.